The Morgan fingerprint density at radius 2 is 2.00 bits per heavy atom. The van der Waals surface area contributed by atoms with E-state index in [-0.39, 0.29) is 10.3 Å². The van der Waals surface area contributed by atoms with Crippen LogP contribution in [0.5, 0.6) is 5.75 Å². The first-order valence-corrected chi connectivity index (χ1v) is 6.73. The maximum absolute atomic E-state index is 13.8. The van der Waals surface area contributed by atoms with E-state index < -0.39 is 11.6 Å². The summed E-state index contributed by atoms with van der Waals surface area (Å²) in [5, 5.41) is 0.435. The van der Waals surface area contributed by atoms with Gasteiger partial charge in [-0.2, -0.15) is 0 Å². The predicted molar refractivity (Wildman–Crippen MR) is 79.9 cm³/mol. The Morgan fingerprint density at radius 1 is 1.24 bits per heavy atom. The van der Waals surface area contributed by atoms with Gasteiger partial charge in [0.15, 0.2) is 10.6 Å². The van der Waals surface area contributed by atoms with Gasteiger partial charge < -0.3 is 9.72 Å². The van der Waals surface area contributed by atoms with Crippen molar-refractivity contribution < 1.29 is 13.5 Å². The number of rotatable bonds is 2. The van der Waals surface area contributed by atoms with Gasteiger partial charge in [-0.1, -0.05) is 11.6 Å². The Labute approximate surface area is 128 Å². The van der Waals surface area contributed by atoms with Crippen molar-refractivity contribution in [2.24, 2.45) is 0 Å². The van der Waals surface area contributed by atoms with E-state index >= 15 is 0 Å². The van der Waals surface area contributed by atoms with E-state index in [1.54, 1.807) is 18.2 Å². The van der Waals surface area contributed by atoms with E-state index in [1.807, 2.05) is 0 Å². The molecule has 3 nitrogen and oxygen atoms in total. The molecule has 2 aromatic carbocycles. The molecule has 0 bridgehead atoms. The third-order valence-electron chi connectivity index (χ3n) is 3.10. The van der Waals surface area contributed by atoms with Crippen molar-refractivity contribution >= 4 is 34.9 Å². The highest BCUT2D eigenvalue weighted by molar-refractivity contribution is 7.71. The number of aromatic nitrogens is 2. The number of hydrogen-bond acceptors (Lipinski definition) is 2. The number of hydrogen-bond donors (Lipinski definition) is 1. The van der Waals surface area contributed by atoms with Gasteiger partial charge in [-0.15, -0.1) is 0 Å². The highest BCUT2D eigenvalue weighted by Gasteiger charge is 2.13. The van der Waals surface area contributed by atoms with Crippen LogP contribution in [0.1, 0.15) is 0 Å². The number of methoxy groups -OCH3 is 1. The van der Waals surface area contributed by atoms with Crippen LogP contribution in [-0.4, -0.2) is 16.7 Å². The van der Waals surface area contributed by atoms with Crippen LogP contribution >= 0.6 is 23.8 Å². The van der Waals surface area contributed by atoms with Crippen LogP contribution < -0.4 is 4.74 Å². The highest BCUT2D eigenvalue weighted by atomic mass is 35.5. The van der Waals surface area contributed by atoms with Crippen LogP contribution in [0.25, 0.3) is 16.7 Å². The zero-order chi connectivity index (χ0) is 15.1. The summed E-state index contributed by atoms with van der Waals surface area (Å²) in [4.78, 5) is 2.74. The molecule has 7 heteroatoms. The van der Waals surface area contributed by atoms with Gasteiger partial charge in [0.2, 0.25) is 0 Å². The van der Waals surface area contributed by atoms with E-state index in [2.05, 4.69) is 4.98 Å². The number of H-pyrrole nitrogens is 1. The minimum atomic E-state index is -0.698. The average Bonchev–Trinajstić information content (AvgIpc) is 2.76. The van der Waals surface area contributed by atoms with Gasteiger partial charge in [-0.3, -0.25) is 4.57 Å². The standard InChI is InChI=1S/C14H9ClF2N2OS/c1-20-12-6-8(2-3-9(12)15)19-11-5-7(16)4-10(17)13(11)18-14(19)21/h2-6H,1H3,(H,18,21). The second-order valence-electron chi connectivity index (χ2n) is 4.37. The largest absolute Gasteiger partial charge is 0.495 e. The predicted octanol–water partition coefficient (Wildman–Crippen LogP) is 4.63. The molecule has 0 aliphatic carbocycles. The van der Waals surface area contributed by atoms with E-state index in [9.17, 15) is 8.78 Å². The normalized spacial score (nSPS) is 11.0. The number of nitrogens with zero attached hydrogens (tertiary/aromatic N) is 1. The van der Waals surface area contributed by atoms with Crippen molar-refractivity contribution in [3.8, 4) is 11.4 Å². The fourth-order valence-electron chi connectivity index (χ4n) is 2.18. The Kier molecular flexibility index (Phi) is 3.43. The Hall–Kier alpha value is -1.92. The van der Waals surface area contributed by atoms with Crippen LogP contribution in [0, 0.1) is 16.4 Å². The lowest BCUT2D eigenvalue weighted by molar-refractivity contribution is 0.415. The van der Waals surface area contributed by atoms with Gasteiger partial charge in [-0.05, 0) is 24.4 Å². The maximum atomic E-state index is 13.8. The molecule has 0 aliphatic rings. The van der Waals surface area contributed by atoms with Gasteiger partial charge in [0, 0.05) is 18.2 Å². The number of aromatic amines is 1. The molecule has 1 N–H and O–H groups in total. The molecule has 21 heavy (non-hydrogen) atoms. The molecule has 0 atom stereocenters. The summed E-state index contributed by atoms with van der Waals surface area (Å²) < 4.78 is 34.2. The van der Waals surface area contributed by atoms with Crippen molar-refractivity contribution in [1.29, 1.82) is 0 Å². The topological polar surface area (TPSA) is 29.9 Å². The van der Waals surface area contributed by atoms with Gasteiger partial charge in [0.1, 0.15) is 17.1 Å². The first-order valence-electron chi connectivity index (χ1n) is 5.95. The smallest absolute Gasteiger partial charge is 0.182 e. The molecule has 0 aliphatic heterocycles. The fraction of sp³-hybridized carbons (Fsp3) is 0.0714. The molecule has 0 saturated heterocycles. The molecule has 1 heterocycles. The average molecular weight is 327 g/mol. The van der Waals surface area contributed by atoms with Crippen molar-refractivity contribution in [1.82, 2.24) is 9.55 Å². The second-order valence-corrected chi connectivity index (χ2v) is 5.16. The third-order valence-corrected chi connectivity index (χ3v) is 3.70. The van der Waals surface area contributed by atoms with Crippen LogP contribution in [0.3, 0.4) is 0 Å². The van der Waals surface area contributed by atoms with Gasteiger partial charge in [0.25, 0.3) is 0 Å². The molecule has 3 aromatic rings. The lowest BCUT2D eigenvalue weighted by Crippen LogP contribution is -1.96. The minimum Gasteiger partial charge on any atom is -0.495 e. The Balaban J connectivity index is 2.35. The zero-order valence-corrected chi connectivity index (χ0v) is 12.4. The fourth-order valence-corrected chi connectivity index (χ4v) is 2.68. The highest BCUT2D eigenvalue weighted by Crippen LogP contribution is 2.29. The van der Waals surface area contributed by atoms with Gasteiger partial charge in [-0.25, -0.2) is 8.78 Å². The van der Waals surface area contributed by atoms with Crippen molar-refractivity contribution in [2.75, 3.05) is 7.11 Å². The van der Waals surface area contributed by atoms with Gasteiger partial charge >= 0.3 is 0 Å². The summed E-state index contributed by atoms with van der Waals surface area (Å²) in [5.74, 6) is -0.929. The lowest BCUT2D eigenvalue weighted by Gasteiger charge is -2.08. The first kappa shape index (κ1) is 14.0. The van der Waals surface area contributed by atoms with Crippen LogP contribution in [0.4, 0.5) is 8.78 Å². The molecule has 3 rings (SSSR count). The molecule has 0 spiro atoms. The minimum absolute atomic E-state index is 0.148. The van der Waals surface area contributed by atoms with Crippen molar-refractivity contribution in [3.05, 3.63) is 51.8 Å². The molecule has 108 valence electrons. The second kappa shape index (κ2) is 5.13. The Morgan fingerprint density at radius 3 is 2.71 bits per heavy atom. The molecule has 0 unspecified atom stereocenters. The first-order chi connectivity index (χ1) is 10.0. The molecule has 1 aromatic heterocycles. The summed E-state index contributed by atoms with van der Waals surface area (Å²) in [7, 11) is 1.48. The molecule has 0 fully saturated rings. The number of halogens is 3. The summed E-state index contributed by atoms with van der Waals surface area (Å²) in [6.07, 6.45) is 0. The number of benzene rings is 2. The lowest BCUT2D eigenvalue weighted by atomic mass is 10.2. The van der Waals surface area contributed by atoms with Crippen molar-refractivity contribution in [2.45, 2.75) is 0 Å². The van der Waals surface area contributed by atoms with E-state index in [0.29, 0.717) is 22.0 Å². The maximum Gasteiger partial charge on any atom is 0.182 e. The molecule has 0 amide bonds. The molecular weight excluding hydrogens is 318 g/mol. The SMILES string of the molecule is COc1cc(-n2c(=S)[nH]c3c(F)cc(F)cc32)ccc1Cl. The molecule has 0 radical (unpaired) electrons. The summed E-state index contributed by atoms with van der Waals surface area (Å²) in [6.45, 7) is 0. The Bertz CT molecular complexity index is 904. The summed E-state index contributed by atoms with van der Waals surface area (Å²) >= 11 is 11.2. The monoisotopic (exact) mass is 326 g/mol. The molecular formula is C14H9ClF2N2OS. The van der Waals surface area contributed by atoms with E-state index in [1.165, 1.54) is 17.7 Å². The van der Waals surface area contributed by atoms with Crippen LogP contribution in [0.15, 0.2) is 30.3 Å². The third kappa shape index (κ3) is 2.30. The van der Waals surface area contributed by atoms with E-state index in [4.69, 9.17) is 28.6 Å². The number of fused-ring (bicyclic) bond motifs is 1. The zero-order valence-electron chi connectivity index (χ0n) is 10.8. The summed E-state index contributed by atoms with van der Waals surface area (Å²) in [5.41, 5.74) is 1.05. The number of imidazole rings is 1. The molecule has 0 saturated carbocycles. The quantitative estimate of drug-likeness (QED) is 0.696. The van der Waals surface area contributed by atoms with Crippen LogP contribution in [0.2, 0.25) is 5.02 Å². The number of ether oxygens (including phenoxy) is 1. The van der Waals surface area contributed by atoms with Crippen LogP contribution in [-0.2, 0) is 0 Å². The van der Waals surface area contributed by atoms with Crippen molar-refractivity contribution in [3.63, 3.8) is 0 Å². The number of nitrogens with one attached hydrogen (secondary N) is 1. The van der Waals surface area contributed by atoms with E-state index in [0.717, 1.165) is 6.07 Å². The summed E-state index contributed by atoms with van der Waals surface area (Å²) in [6, 6.07) is 6.99. The van der Waals surface area contributed by atoms with Gasteiger partial charge in [0.05, 0.1) is 23.3 Å².